The average Bonchev–Trinajstić information content (AvgIpc) is 2.87. The number of carboxylic acids is 1. The second kappa shape index (κ2) is 15.7. The van der Waals surface area contributed by atoms with Crippen LogP contribution >= 0.6 is 11.6 Å². The molecule has 0 aliphatic rings. The molecule has 1 heterocycles. The third-order valence-electron chi connectivity index (χ3n) is 4.55. The predicted molar refractivity (Wildman–Crippen MR) is 141 cm³/mol. The highest BCUT2D eigenvalue weighted by Crippen LogP contribution is 2.24. The summed E-state index contributed by atoms with van der Waals surface area (Å²) in [5, 5.41) is 21.5. The van der Waals surface area contributed by atoms with Crippen LogP contribution in [0.15, 0.2) is 60.6 Å². The molecule has 4 N–H and O–H groups in total. The number of halogens is 2. The Morgan fingerprint density at radius 1 is 1.22 bits per heavy atom. The van der Waals surface area contributed by atoms with E-state index in [9.17, 15) is 18.8 Å². The van der Waals surface area contributed by atoms with Gasteiger partial charge in [-0.05, 0) is 50.3 Å². The summed E-state index contributed by atoms with van der Waals surface area (Å²) in [7, 11) is 3.52. The number of carbonyl (C=O) groups excluding carboxylic acids is 2. The topological polar surface area (TPSA) is 145 Å². The van der Waals surface area contributed by atoms with Gasteiger partial charge in [0.2, 0.25) is 0 Å². The SMILES string of the molecule is C/C=C(\C)C(=O)Nc1ccc(OCC(=O)O)cc1C(=O)Nc1ccc(Cl)cn1.CN(C)C(=N)C/C=C/F. The molecule has 0 spiro atoms. The molecule has 2 amide bonds. The van der Waals surface area contributed by atoms with Crippen LogP contribution in [0, 0.1) is 5.41 Å². The molecule has 1 aromatic heterocycles. The summed E-state index contributed by atoms with van der Waals surface area (Å²) in [6, 6.07) is 7.35. The van der Waals surface area contributed by atoms with Gasteiger partial charge in [0, 0.05) is 32.3 Å². The van der Waals surface area contributed by atoms with Gasteiger partial charge in [0.15, 0.2) is 6.61 Å². The first-order valence-electron chi connectivity index (χ1n) is 10.8. The third kappa shape index (κ3) is 11.4. The molecule has 0 saturated carbocycles. The van der Waals surface area contributed by atoms with Gasteiger partial charge >= 0.3 is 5.97 Å². The lowest BCUT2D eigenvalue weighted by molar-refractivity contribution is -0.139. The van der Waals surface area contributed by atoms with Crippen molar-refractivity contribution >= 4 is 46.7 Å². The largest absolute Gasteiger partial charge is 0.482 e. The minimum Gasteiger partial charge on any atom is -0.482 e. The summed E-state index contributed by atoms with van der Waals surface area (Å²) in [6.07, 6.45) is 5.14. The highest BCUT2D eigenvalue weighted by molar-refractivity contribution is 6.30. The number of pyridine rings is 1. The number of carboxylic acid groups (broad SMARTS) is 1. The Balaban J connectivity index is 0.000000649. The third-order valence-corrected chi connectivity index (χ3v) is 4.77. The molecule has 198 valence electrons. The summed E-state index contributed by atoms with van der Waals surface area (Å²) >= 11 is 5.78. The number of nitrogens with zero attached hydrogens (tertiary/aromatic N) is 2. The minimum atomic E-state index is -1.16. The first-order chi connectivity index (χ1) is 17.5. The summed E-state index contributed by atoms with van der Waals surface area (Å²) in [5.41, 5.74) is 0.786. The Morgan fingerprint density at radius 3 is 2.46 bits per heavy atom. The van der Waals surface area contributed by atoms with E-state index < -0.39 is 18.5 Å². The van der Waals surface area contributed by atoms with Crippen molar-refractivity contribution in [2.75, 3.05) is 31.3 Å². The monoisotopic (exact) mass is 533 g/mol. The Labute approximate surface area is 219 Å². The fraction of sp³-hybridized carbons (Fsp3) is 0.240. The number of benzene rings is 1. The van der Waals surface area contributed by atoms with Gasteiger partial charge in [0.1, 0.15) is 11.6 Å². The van der Waals surface area contributed by atoms with Crippen LogP contribution in [-0.4, -0.2) is 59.3 Å². The maximum Gasteiger partial charge on any atom is 0.341 e. The summed E-state index contributed by atoms with van der Waals surface area (Å²) in [5.74, 6) is -1.27. The molecule has 0 fully saturated rings. The summed E-state index contributed by atoms with van der Waals surface area (Å²) in [6.45, 7) is 2.79. The highest BCUT2D eigenvalue weighted by Gasteiger charge is 2.17. The van der Waals surface area contributed by atoms with Crippen molar-refractivity contribution in [3.05, 3.63) is 71.2 Å². The number of nitrogens with one attached hydrogen (secondary N) is 3. The van der Waals surface area contributed by atoms with Crippen LogP contribution in [0.4, 0.5) is 15.9 Å². The summed E-state index contributed by atoms with van der Waals surface area (Å²) in [4.78, 5) is 41.2. The molecule has 2 aromatic rings. The number of anilines is 2. The van der Waals surface area contributed by atoms with Crippen LogP contribution in [0.1, 0.15) is 30.6 Å². The van der Waals surface area contributed by atoms with Gasteiger partial charge in [0.25, 0.3) is 11.8 Å². The average molecular weight is 534 g/mol. The Bertz CT molecular complexity index is 1170. The van der Waals surface area contributed by atoms with Crippen LogP contribution in [0.25, 0.3) is 0 Å². The van der Waals surface area contributed by atoms with Gasteiger partial charge < -0.3 is 25.4 Å². The molecule has 2 rings (SSSR count). The van der Waals surface area contributed by atoms with Gasteiger partial charge in [-0.3, -0.25) is 15.0 Å². The molecular formula is C25H29ClFN5O5. The van der Waals surface area contributed by atoms with Gasteiger partial charge in [0.05, 0.1) is 28.4 Å². The van der Waals surface area contributed by atoms with Crippen molar-refractivity contribution in [2.45, 2.75) is 20.3 Å². The van der Waals surface area contributed by atoms with Gasteiger partial charge in [-0.25, -0.2) is 14.2 Å². The fourth-order valence-electron chi connectivity index (χ4n) is 2.38. The maximum atomic E-state index is 12.7. The van der Waals surface area contributed by atoms with E-state index in [0.29, 0.717) is 29.2 Å². The van der Waals surface area contributed by atoms with Crippen LogP contribution in [0.3, 0.4) is 0 Å². The molecule has 1 aromatic carbocycles. The van der Waals surface area contributed by atoms with E-state index in [4.69, 9.17) is 26.9 Å². The molecule has 0 aliphatic carbocycles. The molecule has 12 heteroatoms. The van der Waals surface area contributed by atoms with E-state index >= 15 is 0 Å². The minimum absolute atomic E-state index is 0.0805. The lowest BCUT2D eigenvalue weighted by atomic mass is 10.1. The van der Waals surface area contributed by atoms with E-state index in [2.05, 4.69) is 15.6 Å². The smallest absolute Gasteiger partial charge is 0.341 e. The van der Waals surface area contributed by atoms with Crippen molar-refractivity contribution in [2.24, 2.45) is 0 Å². The van der Waals surface area contributed by atoms with Crippen LogP contribution in [0.2, 0.25) is 5.02 Å². The van der Waals surface area contributed by atoms with Gasteiger partial charge in [-0.1, -0.05) is 17.7 Å². The second-order valence-electron chi connectivity index (χ2n) is 7.54. The molecule has 37 heavy (non-hydrogen) atoms. The second-order valence-corrected chi connectivity index (χ2v) is 7.97. The van der Waals surface area contributed by atoms with Crippen molar-refractivity contribution in [3.63, 3.8) is 0 Å². The van der Waals surface area contributed by atoms with E-state index in [-0.39, 0.29) is 28.7 Å². The van der Waals surface area contributed by atoms with Crippen LogP contribution in [-0.2, 0) is 9.59 Å². The first-order valence-corrected chi connectivity index (χ1v) is 11.2. The van der Waals surface area contributed by atoms with Crippen molar-refractivity contribution in [3.8, 4) is 5.75 Å². The zero-order valence-electron chi connectivity index (χ0n) is 20.8. The lowest BCUT2D eigenvalue weighted by Crippen LogP contribution is -2.19. The number of aliphatic carboxylic acids is 1. The lowest BCUT2D eigenvalue weighted by Gasteiger charge is -2.13. The molecular weight excluding hydrogens is 505 g/mol. The van der Waals surface area contributed by atoms with Gasteiger partial charge in [-0.2, -0.15) is 0 Å². The highest BCUT2D eigenvalue weighted by atomic mass is 35.5. The standard InChI is InChI=1S/C19H18ClN3O5.C6H11FN2/c1-3-11(2)18(26)22-15-6-5-13(28-10-17(24)25)8-14(15)19(27)23-16-7-4-12(20)9-21-16;1-9(2)6(8)4-3-5-7/h3-9H,10H2,1-2H3,(H,22,26)(H,24,25)(H,21,23,27);3,5,8H,4H2,1-2H3/b11-3+;5-3+,8-6?. The zero-order valence-corrected chi connectivity index (χ0v) is 21.6. The van der Waals surface area contributed by atoms with Crippen molar-refractivity contribution in [1.82, 2.24) is 9.88 Å². The number of hydrogen-bond acceptors (Lipinski definition) is 6. The zero-order chi connectivity index (χ0) is 28.0. The first kappa shape index (κ1) is 30.8. The molecule has 0 radical (unpaired) electrons. The molecule has 0 bridgehead atoms. The number of carbonyl (C=O) groups is 3. The van der Waals surface area contributed by atoms with E-state index in [1.165, 1.54) is 36.5 Å². The molecule has 10 nitrogen and oxygen atoms in total. The molecule has 0 unspecified atom stereocenters. The number of amides is 2. The van der Waals surface area contributed by atoms with Crippen LogP contribution in [0.5, 0.6) is 5.75 Å². The van der Waals surface area contributed by atoms with E-state index in [1.54, 1.807) is 45.0 Å². The number of hydrogen-bond donors (Lipinski definition) is 4. The molecule has 0 atom stereocenters. The fourth-order valence-corrected chi connectivity index (χ4v) is 2.49. The van der Waals surface area contributed by atoms with Crippen molar-refractivity contribution in [1.29, 1.82) is 5.41 Å². The number of amidine groups is 1. The maximum absolute atomic E-state index is 12.7. The Morgan fingerprint density at radius 2 is 1.92 bits per heavy atom. The number of rotatable bonds is 9. The predicted octanol–water partition coefficient (Wildman–Crippen LogP) is 4.75. The number of ether oxygens (including phenoxy) is 1. The quantitative estimate of drug-likeness (QED) is 0.207. The van der Waals surface area contributed by atoms with Crippen molar-refractivity contribution < 1.29 is 28.6 Å². The van der Waals surface area contributed by atoms with Crippen LogP contribution < -0.4 is 15.4 Å². The number of allylic oxidation sites excluding steroid dienone is 1. The normalized spacial score (nSPS) is 10.7. The van der Waals surface area contributed by atoms with E-state index in [1.807, 2.05) is 0 Å². The number of aromatic nitrogens is 1. The Kier molecular flexibility index (Phi) is 13.0. The molecule has 0 saturated heterocycles. The van der Waals surface area contributed by atoms with Gasteiger partial charge in [-0.15, -0.1) is 0 Å². The van der Waals surface area contributed by atoms with E-state index in [0.717, 1.165) is 0 Å². The molecule has 0 aliphatic heterocycles. The Hall–Kier alpha value is -4.25. The summed E-state index contributed by atoms with van der Waals surface area (Å²) < 4.78 is 16.4.